The summed E-state index contributed by atoms with van der Waals surface area (Å²) in [7, 11) is 1.84. The Bertz CT molecular complexity index is 1000. The molecule has 0 radical (unpaired) electrons. The number of carbonyl (C=O) groups excluding carboxylic acids is 1. The highest BCUT2D eigenvalue weighted by molar-refractivity contribution is 7.14. The number of aryl methyl sites for hydroxylation is 1. The van der Waals surface area contributed by atoms with Crippen LogP contribution in [0, 0.1) is 6.92 Å². The lowest BCUT2D eigenvalue weighted by atomic mass is 10.1. The maximum atomic E-state index is 13.2. The lowest BCUT2D eigenvalue weighted by molar-refractivity contribution is 0.0714. The summed E-state index contributed by atoms with van der Waals surface area (Å²) in [6.45, 7) is 6.27. The second-order valence-corrected chi connectivity index (χ2v) is 8.41. The molecule has 1 aliphatic heterocycles. The van der Waals surface area contributed by atoms with Crippen molar-refractivity contribution in [3.8, 4) is 17.0 Å². The molecule has 1 atom stereocenters. The summed E-state index contributed by atoms with van der Waals surface area (Å²) < 4.78 is 6.19. The Balaban J connectivity index is 1.53. The van der Waals surface area contributed by atoms with E-state index in [9.17, 15) is 4.79 Å². The number of hydrogen-bond acceptors (Lipinski definition) is 5. The summed E-state index contributed by atoms with van der Waals surface area (Å²) in [6, 6.07) is 18.0. The first kappa shape index (κ1) is 19.5. The zero-order chi connectivity index (χ0) is 20.4. The fourth-order valence-corrected chi connectivity index (χ4v) is 4.63. The van der Waals surface area contributed by atoms with Crippen LogP contribution in [0.15, 0.2) is 54.6 Å². The third-order valence-corrected chi connectivity index (χ3v) is 6.06. The normalized spacial score (nSPS) is 15.6. The molecule has 1 aromatic heterocycles. The molecule has 0 N–H and O–H groups in total. The average molecular weight is 408 g/mol. The molecule has 1 aliphatic rings. The van der Waals surface area contributed by atoms with Gasteiger partial charge in [0, 0.05) is 19.2 Å². The second-order valence-electron chi connectivity index (χ2n) is 7.21. The molecular formula is C23H25N3O2S. The van der Waals surface area contributed by atoms with Crippen LogP contribution in [-0.4, -0.2) is 48.6 Å². The molecule has 3 aromatic rings. The highest BCUT2D eigenvalue weighted by atomic mass is 32.1. The molecule has 0 saturated heterocycles. The average Bonchev–Trinajstić information content (AvgIpc) is 3.14. The monoisotopic (exact) mass is 407 g/mol. The Labute approximate surface area is 175 Å². The molecule has 150 valence electrons. The van der Waals surface area contributed by atoms with Crippen LogP contribution in [-0.2, 0) is 0 Å². The Morgan fingerprint density at radius 2 is 1.93 bits per heavy atom. The van der Waals surface area contributed by atoms with Gasteiger partial charge in [0.15, 0.2) is 0 Å². The summed E-state index contributed by atoms with van der Waals surface area (Å²) in [6.07, 6.45) is -0.0759. The number of para-hydroxylation sites is 2. The van der Waals surface area contributed by atoms with Gasteiger partial charge >= 0.3 is 0 Å². The van der Waals surface area contributed by atoms with Gasteiger partial charge < -0.3 is 14.5 Å². The molecule has 0 saturated carbocycles. The number of benzene rings is 2. The smallest absolute Gasteiger partial charge is 0.266 e. The standard InChI is InChI=1S/C23H25N3O2S/c1-4-26-15-18(28-20-13-9-8-12-19(20)26)14-25(3)23(27)22-21(24-16(2)29-22)17-10-6-5-7-11-17/h5-13,18H,4,14-15H2,1-3H3/t18-/m1/s1. The summed E-state index contributed by atoms with van der Waals surface area (Å²) in [5.41, 5.74) is 2.84. The fraction of sp³-hybridized carbons (Fsp3) is 0.304. The molecule has 2 heterocycles. The number of likely N-dealkylation sites (N-methyl/N-ethyl adjacent to an activating group) is 2. The van der Waals surface area contributed by atoms with Crippen molar-refractivity contribution in [1.29, 1.82) is 0 Å². The Morgan fingerprint density at radius 1 is 1.21 bits per heavy atom. The molecule has 6 heteroatoms. The van der Waals surface area contributed by atoms with Crippen molar-refractivity contribution in [2.45, 2.75) is 20.0 Å². The Hall–Kier alpha value is -2.86. The van der Waals surface area contributed by atoms with Gasteiger partial charge in [-0.25, -0.2) is 4.98 Å². The minimum atomic E-state index is -0.0759. The number of fused-ring (bicyclic) bond motifs is 1. The minimum Gasteiger partial charge on any atom is -0.485 e. The number of nitrogens with zero attached hydrogens (tertiary/aromatic N) is 3. The number of ether oxygens (including phenoxy) is 1. The summed E-state index contributed by atoms with van der Waals surface area (Å²) >= 11 is 1.45. The van der Waals surface area contributed by atoms with Crippen LogP contribution < -0.4 is 9.64 Å². The summed E-state index contributed by atoms with van der Waals surface area (Å²) in [4.78, 5) is 22.6. The predicted molar refractivity (Wildman–Crippen MR) is 118 cm³/mol. The highest BCUT2D eigenvalue weighted by Gasteiger charge is 2.28. The lowest BCUT2D eigenvalue weighted by Crippen LogP contribution is -2.46. The minimum absolute atomic E-state index is 0.0139. The van der Waals surface area contributed by atoms with Crippen molar-refractivity contribution in [3.05, 3.63) is 64.5 Å². The molecule has 0 aliphatic carbocycles. The van der Waals surface area contributed by atoms with Gasteiger partial charge in [-0.2, -0.15) is 0 Å². The summed E-state index contributed by atoms with van der Waals surface area (Å²) in [5, 5.41) is 0.889. The van der Waals surface area contributed by atoms with Crippen LogP contribution >= 0.6 is 11.3 Å². The molecular weight excluding hydrogens is 382 g/mol. The first-order chi connectivity index (χ1) is 14.1. The molecule has 0 unspecified atom stereocenters. The van der Waals surface area contributed by atoms with Crippen molar-refractivity contribution in [2.24, 2.45) is 0 Å². The largest absolute Gasteiger partial charge is 0.485 e. The van der Waals surface area contributed by atoms with Crippen molar-refractivity contribution >= 4 is 22.9 Å². The van der Waals surface area contributed by atoms with Crippen molar-refractivity contribution < 1.29 is 9.53 Å². The van der Waals surface area contributed by atoms with Crippen molar-refractivity contribution in [1.82, 2.24) is 9.88 Å². The van der Waals surface area contributed by atoms with E-state index < -0.39 is 0 Å². The molecule has 0 fully saturated rings. The summed E-state index contributed by atoms with van der Waals surface area (Å²) in [5.74, 6) is 0.866. The zero-order valence-corrected chi connectivity index (χ0v) is 17.8. The van der Waals surface area contributed by atoms with E-state index in [0.717, 1.165) is 40.8 Å². The molecule has 0 bridgehead atoms. The van der Waals surface area contributed by atoms with Crippen LogP contribution in [0.4, 0.5) is 5.69 Å². The predicted octanol–water partition coefficient (Wildman–Crippen LogP) is 4.48. The Kier molecular flexibility index (Phi) is 5.53. The van der Waals surface area contributed by atoms with Crippen LogP contribution in [0.25, 0.3) is 11.3 Å². The van der Waals surface area contributed by atoms with E-state index in [4.69, 9.17) is 4.74 Å². The SMILES string of the molecule is CCN1C[C@@H](CN(C)C(=O)c2sc(C)nc2-c2ccccc2)Oc2ccccc21. The van der Waals surface area contributed by atoms with Crippen LogP contribution in [0.2, 0.25) is 0 Å². The van der Waals surface area contributed by atoms with Gasteiger partial charge in [0.1, 0.15) is 16.7 Å². The van der Waals surface area contributed by atoms with Crippen LogP contribution in [0.3, 0.4) is 0 Å². The molecule has 29 heavy (non-hydrogen) atoms. The number of aromatic nitrogens is 1. The van der Waals surface area contributed by atoms with E-state index >= 15 is 0 Å². The Morgan fingerprint density at radius 3 is 2.69 bits per heavy atom. The van der Waals surface area contributed by atoms with Crippen molar-refractivity contribution in [2.75, 3.05) is 31.6 Å². The number of rotatable bonds is 5. The molecule has 4 rings (SSSR count). The molecule has 2 aromatic carbocycles. The first-order valence-electron chi connectivity index (χ1n) is 9.85. The number of hydrogen-bond donors (Lipinski definition) is 0. The van der Waals surface area contributed by atoms with Crippen molar-refractivity contribution in [3.63, 3.8) is 0 Å². The fourth-order valence-electron chi connectivity index (χ4n) is 3.70. The van der Waals surface area contributed by atoms with Gasteiger partial charge in [0.2, 0.25) is 0 Å². The number of carbonyl (C=O) groups is 1. The maximum absolute atomic E-state index is 13.2. The van der Waals surface area contributed by atoms with Gasteiger partial charge in [-0.1, -0.05) is 42.5 Å². The number of anilines is 1. The van der Waals surface area contributed by atoms with Gasteiger partial charge in [0.05, 0.1) is 29.5 Å². The number of amides is 1. The topological polar surface area (TPSA) is 45.7 Å². The lowest BCUT2D eigenvalue weighted by Gasteiger charge is -2.37. The molecule has 1 amide bonds. The molecule has 0 spiro atoms. The van der Waals surface area contributed by atoms with Gasteiger partial charge in [-0.15, -0.1) is 11.3 Å². The van der Waals surface area contributed by atoms with E-state index in [-0.39, 0.29) is 12.0 Å². The van der Waals surface area contributed by atoms with E-state index in [0.29, 0.717) is 11.4 Å². The van der Waals surface area contributed by atoms with Crippen LogP contribution in [0.1, 0.15) is 21.6 Å². The van der Waals surface area contributed by atoms with Gasteiger partial charge in [0.25, 0.3) is 5.91 Å². The zero-order valence-electron chi connectivity index (χ0n) is 17.0. The van der Waals surface area contributed by atoms with E-state index in [2.05, 4.69) is 22.9 Å². The van der Waals surface area contributed by atoms with Crippen LogP contribution in [0.5, 0.6) is 5.75 Å². The van der Waals surface area contributed by atoms with E-state index in [1.165, 1.54) is 11.3 Å². The van der Waals surface area contributed by atoms with E-state index in [1.807, 2.05) is 62.5 Å². The van der Waals surface area contributed by atoms with Gasteiger partial charge in [-0.3, -0.25) is 4.79 Å². The third kappa shape index (κ3) is 3.98. The molecule has 5 nitrogen and oxygen atoms in total. The first-order valence-corrected chi connectivity index (χ1v) is 10.7. The number of thiazole rings is 1. The highest BCUT2D eigenvalue weighted by Crippen LogP contribution is 2.33. The second kappa shape index (κ2) is 8.25. The van der Waals surface area contributed by atoms with Gasteiger partial charge in [-0.05, 0) is 26.0 Å². The van der Waals surface area contributed by atoms with E-state index in [1.54, 1.807) is 4.90 Å². The maximum Gasteiger partial charge on any atom is 0.266 e. The third-order valence-electron chi connectivity index (χ3n) is 5.11. The quantitative estimate of drug-likeness (QED) is 0.626.